The van der Waals surface area contributed by atoms with Crippen LogP contribution in [0, 0.1) is 0 Å². The first-order chi connectivity index (χ1) is 9.45. The summed E-state index contributed by atoms with van der Waals surface area (Å²) in [6.45, 7) is 7.32. The van der Waals surface area contributed by atoms with Gasteiger partial charge in [0, 0.05) is 18.0 Å². The summed E-state index contributed by atoms with van der Waals surface area (Å²) >= 11 is 1.62. The third-order valence-corrected chi connectivity index (χ3v) is 5.17. The van der Waals surface area contributed by atoms with Gasteiger partial charge in [0.25, 0.3) is 0 Å². The Labute approximate surface area is 123 Å². The van der Waals surface area contributed by atoms with E-state index in [9.17, 15) is 4.79 Å². The van der Waals surface area contributed by atoms with Gasteiger partial charge in [-0.1, -0.05) is 32.1 Å². The van der Waals surface area contributed by atoms with Crippen molar-refractivity contribution in [1.82, 2.24) is 15.5 Å². The lowest BCUT2D eigenvalue weighted by molar-refractivity contribution is -0.122. The molecule has 0 aromatic carbocycles. The molecule has 1 atom stereocenters. The van der Waals surface area contributed by atoms with Gasteiger partial charge in [-0.05, 0) is 25.7 Å². The van der Waals surface area contributed by atoms with Gasteiger partial charge in [-0.2, -0.15) is 0 Å². The van der Waals surface area contributed by atoms with E-state index >= 15 is 0 Å². The average molecular weight is 294 g/mol. The molecule has 0 radical (unpaired) electrons. The van der Waals surface area contributed by atoms with Crippen molar-refractivity contribution in [1.29, 1.82) is 0 Å². The molecule has 5 nitrogen and oxygen atoms in total. The van der Waals surface area contributed by atoms with E-state index in [4.69, 9.17) is 0 Å². The number of anilines is 1. The SMILES string of the molecule is CC(C)(C)c1nnc(N2CCC[C@H]2C(=O)NC2CC2)s1. The molecule has 1 aromatic rings. The Kier molecular flexibility index (Phi) is 3.44. The molecular formula is C14H22N4OS. The summed E-state index contributed by atoms with van der Waals surface area (Å²) in [5.41, 5.74) is 0.0153. The summed E-state index contributed by atoms with van der Waals surface area (Å²) in [5, 5.41) is 13.6. The first-order valence-corrected chi connectivity index (χ1v) is 8.18. The minimum atomic E-state index is -0.0589. The molecule has 1 aliphatic carbocycles. The monoisotopic (exact) mass is 294 g/mol. The topological polar surface area (TPSA) is 58.1 Å². The van der Waals surface area contributed by atoms with Crippen molar-refractivity contribution in [3.8, 4) is 0 Å². The Balaban J connectivity index is 1.74. The summed E-state index contributed by atoms with van der Waals surface area (Å²) in [5.74, 6) is 0.164. The number of amides is 1. The van der Waals surface area contributed by atoms with E-state index in [0.29, 0.717) is 6.04 Å². The van der Waals surface area contributed by atoms with Crippen LogP contribution in [-0.4, -0.2) is 34.7 Å². The van der Waals surface area contributed by atoms with E-state index in [2.05, 4.69) is 41.2 Å². The highest BCUT2D eigenvalue weighted by atomic mass is 32.1. The predicted octanol–water partition coefficient (Wildman–Crippen LogP) is 2.08. The first kappa shape index (κ1) is 13.8. The maximum Gasteiger partial charge on any atom is 0.243 e. The van der Waals surface area contributed by atoms with Crippen LogP contribution in [0.15, 0.2) is 0 Å². The van der Waals surface area contributed by atoms with Gasteiger partial charge in [-0.25, -0.2) is 0 Å². The number of nitrogens with zero attached hydrogens (tertiary/aromatic N) is 3. The molecule has 1 amide bonds. The molecule has 1 N–H and O–H groups in total. The lowest BCUT2D eigenvalue weighted by Gasteiger charge is -2.22. The number of hydrogen-bond acceptors (Lipinski definition) is 5. The Morgan fingerprint density at radius 3 is 2.65 bits per heavy atom. The van der Waals surface area contributed by atoms with Crippen LogP contribution in [0.4, 0.5) is 5.13 Å². The normalized spacial score (nSPS) is 23.1. The second kappa shape index (κ2) is 4.98. The molecule has 2 aliphatic rings. The third kappa shape index (κ3) is 2.80. The van der Waals surface area contributed by atoms with E-state index < -0.39 is 0 Å². The van der Waals surface area contributed by atoms with Crippen molar-refractivity contribution < 1.29 is 4.79 Å². The van der Waals surface area contributed by atoms with Gasteiger partial charge >= 0.3 is 0 Å². The second-order valence-corrected chi connectivity index (χ2v) is 7.73. The molecule has 20 heavy (non-hydrogen) atoms. The fourth-order valence-electron chi connectivity index (χ4n) is 2.43. The van der Waals surface area contributed by atoms with Crippen molar-refractivity contribution in [3.05, 3.63) is 5.01 Å². The molecule has 1 aliphatic heterocycles. The van der Waals surface area contributed by atoms with Crippen molar-refractivity contribution in [2.24, 2.45) is 0 Å². The lowest BCUT2D eigenvalue weighted by Crippen LogP contribution is -2.44. The molecule has 2 heterocycles. The summed E-state index contributed by atoms with van der Waals surface area (Å²) < 4.78 is 0. The zero-order chi connectivity index (χ0) is 14.3. The van der Waals surface area contributed by atoms with Crippen LogP contribution in [0.2, 0.25) is 0 Å². The highest BCUT2D eigenvalue weighted by Crippen LogP contribution is 2.33. The molecule has 1 aromatic heterocycles. The van der Waals surface area contributed by atoms with Crippen molar-refractivity contribution in [2.45, 2.75) is 64.0 Å². The van der Waals surface area contributed by atoms with Crippen LogP contribution in [0.25, 0.3) is 0 Å². The highest BCUT2D eigenvalue weighted by molar-refractivity contribution is 7.15. The smallest absolute Gasteiger partial charge is 0.243 e. The Morgan fingerprint density at radius 1 is 1.30 bits per heavy atom. The van der Waals surface area contributed by atoms with Gasteiger partial charge in [0.1, 0.15) is 11.0 Å². The maximum atomic E-state index is 12.3. The minimum absolute atomic E-state index is 0.0153. The van der Waals surface area contributed by atoms with E-state index in [1.54, 1.807) is 11.3 Å². The molecule has 0 spiro atoms. The van der Waals surface area contributed by atoms with Crippen molar-refractivity contribution in [2.75, 3.05) is 11.4 Å². The van der Waals surface area contributed by atoms with E-state index in [-0.39, 0.29) is 17.4 Å². The van der Waals surface area contributed by atoms with Gasteiger partial charge < -0.3 is 10.2 Å². The van der Waals surface area contributed by atoms with Crippen LogP contribution in [0.5, 0.6) is 0 Å². The van der Waals surface area contributed by atoms with E-state index in [1.165, 1.54) is 0 Å². The van der Waals surface area contributed by atoms with Crippen LogP contribution >= 0.6 is 11.3 Å². The van der Waals surface area contributed by atoms with Gasteiger partial charge in [0.05, 0.1) is 0 Å². The van der Waals surface area contributed by atoms with Gasteiger partial charge in [0.15, 0.2) is 0 Å². The quantitative estimate of drug-likeness (QED) is 0.927. The average Bonchev–Trinajstić information content (AvgIpc) is 2.91. The zero-order valence-corrected chi connectivity index (χ0v) is 13.2. The molecule has 3 rings (SSSR count). The standard InChI is InChI=1S/C14H22N4OS/c1-14(2,3)12-16-17-13(20-12)18-8-4-5-10(18)11(19)15-9-6-7-9/h9-10H,4-8H2,1-3H3,(H,15,19)/t10-/m0/s1. The Bertz CT molecular complexity index is 504. The molecule has 1 saturated heterocycles. The van der Waals surface area contributed by atoms with Gasteiger partial charge in [0.2, 0.25) is 11.0 Å². The molecule has 110 valence electrons. The largest absolute Gasteiger partial charge is 0.352 e. The second-order valence-electron chi connectivity index (χ2n) is 6.77. The molecule has 0 bridgehead atoms. The number of nitrogens with one attached hydrogen (secondary N) is 1. The van der Waals surface area contributed by atoms with Gasteiger partial charge in [-0.15, -0.1) is 10.2 Å². The predicted molar refractivity (Wildman–Crippen MR) is 80.1 cm³/mol. The molecule has 2 fully saturated rings. The molecule has 6 heteroatoms. The fourth-order valence-corrected chi connectivity index (χ4v) is 3.41. The Morgan fingerprint density at radius 2 is 2.05 bits per heavy atom. The highest BCUT2D eigenvalue weighted by Gasteiger charge is 2.36. The van der Waals surface area contributed by atoms with Crippen LogP contribution in [-0.2, 0) is 10.2 Å². The van der Waals surface area contributed by atoms with E-state index in [1.807, 2.05) is 0 Å². The summed E-state index contributed by atoms with van der Waals surface area (Å²) in [4.78, 5) is 14.4. The first-order valence-electron chi connectivity index (χ1n) is 7.36. The fraction of sp³-hybridized carbons (Fsp3) is 0.786. The number of hydrogen-bond donors (Lipinski definition) is 1. The molecule has 0 unspecified atom stereocenters. The number of rotatable bonds is 3. The van der Waals surface area contributed by atoms with Crippen molar-refractivity contribution in [3.63, 3.8) is 0 Å². The summed E-state index contributed by atoms with van der Waals surface area (Å²) in [6.07, 6.45) is 4.23. The third-order valence-electron chi connectivity index (χ3n) is 3.78. The summed E-state index contributed by atoms with van der Waals surface area (Å²) in [7, 11) is 0. The zero-order valence-electron chi connectivity index (χ0n) is 12.3. The minimum Gasteiger partial charge on any atom is -0.352 e. The summed E-state index contributed by atoms with van der Waals surface area (Å²) in [6, 6.07) is 0.362. The number of carbonyl (C=O) groups is 1. The van der Waals surface area contributed by atoms with Crippen LogP contribution in [0.3, 0.4) is 0 Å². The number of carbonyl (C=O) groups excluding carboxylic acids is 1. The maximum absolute atomic E-state index is 12.3. The lowest BCUT2D eigenvalue weighted by atomic mass is 9.98. The van der Waals surface area contributed by atoms with Crippen molar-refractivity contribution >= 4 is 22.4 Å². The van der Waals surface area contributed by atoms with Gasteiger partial charge in [-0.3, -0.25) is 4.79 Å². The Hall–Kier alpha value is -1.17. The number of aromatic nitrogens is 2. The van der Waals surface area contributed by atoms with E-state index in [0.717, 1.165) is 42.4 Å². The van der Waals surface area contributed by atoms with Crippen LogP contribution in [0.1, 0.15) is 51.5 Å². The molecule has 1 saturated carbocycles. The molecular weight excluding hydrogens is 272 g/mol. The van der Waals surface area contributed by atoms with Crippen LogP contribution < -0.4 is 10.2 Å².